The third kappa shape index (κ3) is 12.8. The van der Waals surface area contributed by atoms with Gasteiger partial charge in [0, 0.05) is 33.1 Å². The summed E-state index contributed by atoms with van der Waals surface area (Å²) in [7, 11) is 0. The fourth-order valence-corrected chi connectivity index (χ4v) is 6.40. The molecule has 14 nitrogen and oxygen atoms in total. The third-order valence-electron chi connectivity index (χ3n) is 9.01. The number of halogens is 4. The number of ether oxygens (including phenoxy) is 3. The van der Waals surface area contributed by atoms with Gasteiger partial charge in [-0.1, -0.05) is 58.6 Å². The van der Waals surface area contributed by atoms with Gasteiger partial charge in [-0.15, -0.1) is 0 Å². The number of amides is 1. The van der Waals surface area contributed by atoms with Crippen LogP contribution < -0.4 is 25.7 Å². The Morgan fingerprint density at radius 1 is 0.500 bits per heavy atom. The molecule has 1 amide bonds. The van der Waals surface area contributed by atoms with Crippen molar-refractivity contribution >= 4 is 108 Å². The number of carbonyl (C=O) groups is 2. The van der Waals surface area contributed by atoms with Gasteiger partial charge in [0.25, 0.3) is 5.91 Å². The Morgan fingerprint density at radius 2 is 0.809 bits per heavy atom. The highest BCUT2D eigenvalue weighted by atomic mass is 35.5. The number of phenolic OH excluding ortho intramolecular Hbond substituents is 1. The van der Waals surface area contributed by atoms with E-state index in [1.807, 2.05) is 0 Å². The van der Waals surface area contributed by atoms with Crippen molar-refractivity contribution < 1.29 is 42.2 Å². The molecule has 0 atom stereocenters. The summed E-state index contributed by atoms with van der Waals surface area (Å²) in [5.74, 6) is 3.71. The van der Waals surface area contributed by atoms with Gasteiger partial charge in [-0.25, -0.2) is 0 Å². The zero-order valence-electron chi connectivity index (χ0n) is 35.1. The summed E-state index contributed by atoms with van der Waals surface area (Å²) in [6.45, 7) is 1.45. The Bertz CT molecular complexity index is 3020. The zero-order valence-corrected chi connectivity index (χ0v) is 38.9. The fraction of sp³-hybridized carbons (Fsp3) is 0.0204. The molecule has 0 unspecified atom stereocenters. The molecule has 6 heterocycles. The Morgan fingerprint density at radius 3 is 1.13 bits per heavy atom. The van der Waals surface area contributed by atoms with Gasteiger partial charge in [-0.2, -0.15) is 0 Å². The number of hydrogen-bond donors (Lipinski definition) is 3. The summed E-state index contributed by atoms with van der Waals surface area (Å²) in [5, 5.41) is 13.3. The SMILES string of the molecule is CC(=O)c1cc2c(Oc3ccc(Cl)cc3)cncc2o1.NC(=O)c1cc2c(Oc3ccc(Cl)cc3)cncc2o1.NC(=S)c1cc2c(Oc3ccc(Cl)cc3)cncc2o1.Oc1ccc(Cl)cc1. The number of primary amides is 1. The molecule has 0 fully saturated rings. The van der Waals surface area contributed by atoms with Crippen LogP contribution in [-0.2, 0) is 0 Å². The minimum absolute atomic E-state index is 0.0638. The van der Waals surface area contributed by atoms with E-state index >= 15 is 0 Å². The molecule has 0 aliphatic rings. The summed E-state index contributed by atoms with van der Waals surface area (Å²) in [6, 6.07) is 32.2. The molecule has 0 aliphatic heterocycles. The quantitative estimate of drug-likeness (QED) is 0.0907. The highest BCUT2D eigenvalue weighted by Gasteiger charge is 2.15. The highest BCUT2D eigenvalue weighted by Crippen LogP contribution is 2.34. The second-order valence-electron chi connectivity index (χ2n) is 13.9. The summed E-state index contributed by atoms with van der Waals surface area (Å²) in [4.78, 5) is 34.8. The lowest BCUT2D eigenvalue weighted by atomic mass is 10.2. The molecular formula is C49H33Cl4N5O9S. The van der Waals surface area contributed by atoms with Crippen LogP contribution in [0.15, 0.2) is 166 Å². The van der Waals surface area contributed by atoms with Crippen LogP contribution >= 0.6 is 58.6 Å². The minimum atomic E-state index is -0.640. The van der Waals surface area contributed by atoms with Crippen LogP contribution in [0.5, 0.6) is 40.2 Å². The second kappa shape index (κ2) is 22.2. The molecule has 10 aromatic rings. The lowest BCUT2D eigenvalue weighted by Crippen LogP contribution is -2.08. The van der Waals surface area contributed by atoms with E-state index in [0.717, 1.165) is 5.39 Å². The monoisotopic (exact) mass is 1010 g/mol. The Kier molecular flexibility index (Phi) is 15.8. The summed E-state index contributed by atoms with van der Waals surface area (Å²) in [5.41, 5.74) is 12.3. The smallest absolute Gasteiger partial charge is 0.284 e. The van der Waals surface area contributed by atoms with Crippen molar-refractivity contribution in [2.45, 2.75) is 6.92 Å². The number of aromatic nitrogens is 3. The molecule has 0 spiro atoms. The van der Waals surface area contributed by atoms with Gasteiger partial charge in [-0.3, -0.25) is 24.5 Å². The van der Waals surface area contributed by atoms with E-state index in [-0.39, 0.29) is 28.0 Å². The molecule has 0 aliphatic carbocycles. The molecule has 10 rings (SSSR count). The summed E-state index contributed by atoms with van der Waals surface area (Å²) < 4.78 is 33.4. The van der Waals surface area contributed by atoms with Crippen LogP contribution in [-0.4, -0.2) is 36.7 Å². The first-order valence-corrected chi connectivity index (χ1v) is 21.6. The fourth-order valence-electron chi connectivity index (χ4n) is 5.80. The van der Waals surface area contributed by atoms with E-state index in [2.05, 4.69) is 15.0 Å². The number of nitrogens with two attached hydrogens (primary N) is 2. The maximum atomic E-state index is 11.4. The number of thiocarbonyl (C=S) groups is 1. The lowest BCUT2D eigenvalue weighted by Gasteiger charge is -2.05. The first-order valence-electron chi connectivity index (χ1n) is 19.7. The molecule has 6 aromatic heterocycles. The molecule has 0 radical (unpaired) electrons. The molecule has 68 heavy (non-hydrogen) atoms. The van der Waals surface area contributed by atoms with Crippen molar-refractivity contribution in [3.63, 3.8) is 0 Å². The topological polar surface area (TPSA) is 212 Å². The van der Waals surface area contributed by atoms with Crippen LogP contribution in [0, 0.1) is 0 Å². The van der Waals surface area contributed by atoms with Gasteiger partial charge in [0.15, 0.2) is 57.1 Å². The molecule has 19 heteroatoms. The number of Topliss-reactive ketones (excluding diaryl/α,β-unsaturated/α-hetero) is 1. The summed E-state index contributed by atoms with van der Waals surface area (Å²) >= 11 is 27.9. The number of aromatic hydroxyl groups is 1. The number of rotatable bonds is 9. The first-order chi connectivity index (χ1) is 32.7. The van der Waals surface area contributed by atoms with Crippen LogP contribution in [0.4, 0.5) is 0 Å². The second-order valence-corrected chi connectivity index (χ2v) is 16.1. The number of pyridine rings is 3. The van der Waals surface area contributed by atoms with E-state index in [1.54, 1.807) is 134 Å². The average Bonchev–Trinajstić information content (AvgIpc) is 4.10. The average molecular weight is 1010 g/mol. The molecule has 0 bridgehead atoms. The van der Waals surface area contributed by atoms with Gasteiger partial charge in [0.05, 0.1) is 53.3 Å². The molecular weight excluding hydrogens is 976 g/mol. The molecule has 4 aromatic carbocycles. The number of ketones is 1. The molecule has 5 N–H and O–H groups in total. The standard InChI is InChI=1S/C15H10ClNO3.C14H9ClN2O3.C14H9ClN2O2S.C6H5ClO/c1-9(18)13-6-12-14(7-17-8-15(12)20-13)19-11-4-2-10(16)3-5-11;15-8-1-3-9(4-2-8)19-12-6-17-7-13-10(12)5-11(20-13)14(16)18;15-8-1-3-9(4-2-8)18-12-6-17-7-13-10(12)5-11(19-13)14(16)20;7-5-1-3-6(8)4-2-5/h2-8H,1H3;1-7H,(H2,16,18);1-7H,(H2,16,20);1-4,8H. The lowest BCUT2D eigenvalue weighted by molar-refractivity contribution is 0.0972. The minimum Gasteiger partial charge on any atom is -0.508 e. The first kappa shape index (κ1) is 48.3. The van der Waals surface area contributed by atoms with Gasteiger partial charge in [0.2, 0.25) is 0 Å². The predicted octanol–water partition coefficient (Wildman–Crippen LogP) is 13.8. The van der Waals surface area contributed by atoms with Crippen LogP contribution in [0.1, 0.15) is 33.8 Å². The van der Waals surface area contributed by atoms with Gasteiger partial charge < -0.3 is 44.0 Å². The van der Waals surface area contributed by atoms with Gasteiger partial charge >= 0.3 is 0 Å². The van der Waals surface area contributed by atoms with Crippen LogP contribution in [0.2, 0.25) is 20.1 Å². The van der Waals surface area contributed by atoms with Crippen molar-refractivity contribution in [1.29, 1.82) is 0 Å². The number of carbonyl (C=O) groups excluding carboxylic acids is 2. The van der Waals surface area contributed by atoms with E-state index in [0.29, 0.717) is 87.9 Å². The van der Waals surface area contributed by atoms with Crippen molar-refractivity contribution in [2.24, 2.45) is 11.5 Å². The van der Waals surface area contributed by atoms with E-state index < -0.39 is 5.91 Å². The highest BCUT2D eigenvalue weighted by molar-refractivity contribution is 7.80. The number of benzene rings is 4. The van der Waals surface area contributed by atoms with Crippen LogP contribution in [0.3, 0.4) is 0 Å². The molecule has 0 saturated heterocycles. The number of furan rings is 3. The van der Waals surface area contributed by atoms with Gasteiger partial charge in [-0.05, 0) is 109 Å². The molecule has 342 valence electrons. The predicted molar refractivity (Wildman–Crippen MR) is 264 cm³/mol. The van der Waals surface area contributed by atoms with E-state index in [4.69, 9.17) is 103 Å². The zero-order chi connectivity index (χ0) is 48.3. The molecule has 0 saturated carbocycles. The normalized spacial score (nSPS) is 10.5. The number of hydrogen-bond acceptors (Lipinski definition) is 13. The van der Waals surface area contributed by atoms with Crippen molar-refractivity contribution in [2.75, 3.05) is 0 Å². The van der Waals surface area contributed by atoms with Crippen LogP contribution in [0.25, 0.3) is 32.9 Å². The Labute approximate surface area is 411 Å². The third-order valence-corrected chi connectivity index (χ3v) is 10.2. The number of nitrogens with zero attached hydrogens (tertiary/aromatic N) is 3. The van der Waals surface area contributed by atoms with E-state index in [1.165, 1.54) is 25.4 Å². The van der Waals surface area contributed by atoms with Crippen molar-refractivity contribution in [3.05, 3.63) is 190 Å². The summed E-state index contributed by atoms with van der Waals surface area (Å²) in [6.07, 6.45) is 9.36. The maximum absolute atomic E-state index is 11.4. The largest absolute Gasteiger partial charge is 0.508 e. The number of phenols is 1. The number of fused-ring (bicyclic) bond motifs is 3. The van der Waals surface area contributed by atoms with Crippen molar-refractivity contribution in [3.8, 4) is 40.2 Å². The van der Waals surface area contributed by atoms with Gasteiger partial charge in [0.1, 0.15) is 28.0 Å². The Balaban J connectivity index is 0.000000140. The van der Waals surface area contributed by atoms with E-state index in [9.17, 15) is 9.59 Å². The maximum Gasteiger partial charge on any atom is 0.284 e. The Hall–Kier alpha value is -7.66. The van der Waals surface area contributed by atoms with Crippen molar-refractivity contribution in [1.82, 2.24) is 15.0 Å².